The second-order valence-electron chi connectivity index (χ2n) is 10.6. The number of fused-ring (bicyclic) bond motifs is 1. The van der Waals surface area contributed by atoms with Crippen LogP contribution in [0.2, 0.25) is 0 Å². The van der Waals surface area contributed by atoms with Crippen molar-refractivity contribution < 1.29 is 22.9 Å². The standard InChI is InChI=1S/C30H30F2N6O4S/c1-6-23(40)36-12-13-37(17(4)15-36)28-18-14-20(32)26(24-19(31)8-7-9-21(24)39)34-29(18)38(30(41)35-28)27-22(43(5)42)10-11-33-25(27)16(2)3/h6-11,14,16-17,39H,1,12-13,15H2,2-5H3/t17-,43?/m0/s1. The normalized spacial score (nSPS) is 16.1. The van der Waals surface area contributed by atoms with Crippen LogP contribution in [0.1, 0.15) is 32.4 Å². The monoisotopic (exact) mass is 608 g/mol. The van der Waals surface area contributed by atoms with Crippen molar-refractivity contribution in [1.82, 2.24) is 24.4 Å². The largest absolute Gasteiger partial charge is 0.507 e. The number of phenolic OH excluding ortho intramolecular Hbond substituents is 1. The van der Waals surface area contributed by atoms with Crippen molar-refractivity contribution in [2.24, 2.45) is 0 Å². The molecule has 5 rings (SSSR count). The second-order valence-corrected chi connectivity index (χ2v) is 11.9. The molecule has 4 aromatic rings. The Morgan fingerprint density at radius 1 is 1.19 bits per heavy atom. The zero-order chi connectivity index (χ0) is 31.2. The van der Waals surface area contributed by atoms with Gasteiger partial charge in [-0.15, -0.1) is 0 Å². The number of benzene rings is 1. The molecular weight excluding hydrogens is 578 g/mol. The summed E-state index contributed by atoms with van der Waals surface area (Å²) in [6.07, 6.45) is 4.18. The lowest BCUT2D eigenvalue weighted by Crippen LogP contribution is -2.54. The molecule has 1 unspecified atom stereocenters. The van der Waals surface area contributed by atoms with E-state index in [1.54, 1.807) is 9.80 Å². The van der Waals surface area contributed by atoms with E-state index in [4.69, 9.17) is 0 Å². The van der Waals surface area contributed by atoms with Crippen LogP contribution in [0.4, 0.5) is 14.6 Å². The number of carbonyl (C=O) groups excluding carboxylic acids is 1. The topological polar surface area (TPSA) is 122 Å². The Balaban J connectivity index is 1.87. The van der Waals surface area contributed by atoms with Gasteiger partial charge in [0.2, 0.25) is 5.91 Å². The molecule has 1 saturated heterocycles. The summed E-state index contributed by atoms with van der Waals surface area (Å²) in [5, 5.41) is 10.6. The molecule has 1 fully saturated rings. The molecule has 1 aliphatic rings. The number of aromatic nitrogens is 4. The molecule has 4 heterocycles. The summed E-state index contributed by atoms with van der Waals surface area (Å²) in [5.41, 5.74) is -1.27. The molecule has 10 nitrogen and oxygen atoms in total. The Morgan fingerprint density at radius 2 is 1.93 bits per heavy atom. The van der Waals surface area contributed by atoms with E-state index in [1.807, 2.05) is 20.8 Å². The molecule has 13 heteroatoms. The van der Waals surface area contributed by atoms with E-state index < -0.39 is 45.1 Å². The van der Waals surface area contributed by atoms with Crippen molar-refractivity contribution in [3.05, 3.63) is 77.0 Å². The van der Waals surface area contributed by atoms with Gasteiger partial charge in [0.05, 0.1) is 38.0 Å². The van der Waals surface area contributed by atoms with Gasteiger partial charge in [-0.1, -0.05) is 26.5 Å². The molecule has 3 aromatic heterocycles. The maximum atomic E-state index is 15.9. The van der Waals surface area contributed by atoms with E-state index in [9.17, 15) is 23.3 Å². The Hall–Kier alpha value is -4.52. The van der Waals surface area contributed by atoms with E-state index in [-0.39, 0.29) is 51.8 Å². The van der Waals surface area contributed by atoms with Gasteiger partial charge in [-0.05, 0) is 43.2 Å². The van der Waals surface area contributed by atoms with E-state index in [0.29, 0.717) is 18.8 Å². The van der Waals surface area contributed by atoms with E-state index in [2.05, 4.69) is 21.5 Å². The molecule has 2 atom stereocenters. The van der Waals surface area contributed by atoms with E-state index >= 15 is 4.39 Å². The van der Waals surface area contributed by atoms with Crippen LogP contribution in [0.5, 0.6) is 5.75 Å². The third-order valence-corrected chi connectivity index (χ3v) is 8.36. The van der Waals surface area contributed by atoms with Gasteiger partial charge >= 0.3 is 5.69 Å². The number of anilines is 1. The highest BCUT2D eigenvalue weighted by Gasteiger charge is 2.31. The number of halogens is 2. The predicted octanol–water partition coefficient (Wildman–Crippen LogP) is 3.91. The van der Waals surface area contributed by atoms with Crippen molar-refractivity contribution >= 4 is 33.6 Å². The Labute approximate surface area is 248 Å². The first-order valence-corrected chi connectivity index (χ1v) is 15.1. The molecule has 0 radical (unpaired) electrons. The number of hydrogen-bond donors (Lipinski definition) is 1. The predicted molar refractivity (Wildman–Crippen MR) is 160 cm³/mol. The van der Waals surface area contributed by atoms with Gasteiger partial charge in [-0.3, -0.25) is 14.0 Å². The molecule has 1 aromatic carbocycles. The molecule has 1 aliphatic heterocycles. The van der Waals surface area contributed by atoms with Gasteiger partial charge in [0.1, 0.15) is 23.1 Å². The smallest absolute Gasteiger partial charge is 0.355 e. The van der Waals surface area contributed by atoms with Gasteiger partial charge in [-0.2, -0.15) is 4.98 Å². The molecule has 224 valence electrons. The molecule has 1 amide bonds. The van der Waals surface area contributed by atoms with Gasteiger partial charge in [0.25, 0.3) is 0 Å². The molecule has 1 N–H and O–H groups in total. The van der Waals surface area contributed by atoms with Crippen LogP contribution in [0.3, 0.4) is 0 Å². The first-order chi connectivity index (χ1) is 20.4. The zero-order valence-electron chi connectivity index (χ0n) is 24.0. The first-order valence-electron chi connectivity index (χ1n) is 13.6. The summed E-state index contributed by atoms with van der Waals surface area (Å²) < 4.78 is 44.9. The number of amides is 1. The highest BCUT2D eigenvalue weighted by molar-refractivity contribution is 7.84. The summed E-state index contributed by atoms with van der Waals surface area (Å²) >= 11 is 0. The number of phenols is 1. The molecule has 0 bridgehead atoms. The molecule has 0 spiro atoms. The molecular formula is C30H30F2N6O4S. The fourth-order valence-corrected chi connectivity index (χ4v) is 6.10. The maximum absolute atomic E-state index is 15.9. The van der Waals surface area contributed by atoms with Crippen molar-refractivity contribution in [2.45, 2.75) is 37.6 Å². The average Bonchev–Trinajstić information content (AvgIpc) is 2.96. The third kappa shape index (κ3) is 5.29. The van der Waals surface area contributed by atoms with Crippen molar-refractivity contribution in [3.63, 3.8) is 0 Å². The zero-order valence-corrected chi connectivity index (χ0v) is 24.9. The Morgan fingerprint density at radius 3 is 2.56 bits per heavy atom. The van der Waals surface area contributed by atoms with Gasteiger partial charge < -0.3 is 14.9 Å². The van der Waals surface area contributed by atoms with Crippen molar-refractivity contribution in [1.29, 1.82) is 0 Å². The third-order valence-electron chi connectivity index (χ3n) is 7.41. The fourth-order valence-electron chi connectivity index (χ4n) is 5.38. The quantitative estimate of drug-likeness (QED) is 0.327. The first kappa shape index (κ1) is 30.0. The lowest BCUT2D eigenvalue weighted by Gasteiger charge is -2.40. The maximum Gasteiger partial charge on any atom is 0.355 e. The van der Waals surface area contributed by atoms with Crippen LogP contribution in [-0.2, 0) is 15.6 Å². The highest BCUT2D eigenvalue weighted by atomic mass is 32.2. The average molecular weight is 609 g/mol. The molecule has 0 aliphatic carbocycles. The van der Waals surface area contributed by atoms with Gasteiger partial charge in [0.15, 0.2) is 11.5 Å². The molecule has 0 saturated carbocycles. The van der Waals surface area contributed by atoms with E-state index in [0.717, 1.165) is 16.7 Å². The minimum atomic E-state index is -1.58. The summed E-state index contributed by atoms with van der Waals surface area (Å²) in [6.45, 7) is 9.96. The highest BCUT2D eigenvalue weighted by Crippen LogP contribution is 2.37. The van der Waals surface area contributed by atoms with Crippen molar-refractivity contribution in [3.8, 4) is 22.7 Å². The SMILES string of the molecule is C=CC(=O)N1CCN(c2nc(=O)n(-c3c(S(C)=O)ccnc3C(C)C)c3nc(-c4c(O)cccc4F)c(F)cc23)[C@@H](C)C1. The minimum absolute atomic E-state index is 0.0903. The number of hydrogen-bond acceptors (Lipinski definition) is 8. The van der Waals surface area contributed by atoms with Crippen LogP contribution in [0.25, 0.3) is 28.0 Å². The number of carbonyl (C=O) groups is 1. The molecule has 43 heavy (non-hydrogen) atoms. The summed E-state index contributed by atoms with van der Waals surface area (Å²) in [6, 6.07) is 5.84. The van der Waals surface area contributed by atoms with Crippen LogP contribution < -0.4 is 10.6 Å². The number of aromatic hydroxyl groups is 1. The fraction of sp³-hybridized carbons (Fsp3) is 0.300. The van der Waals surface area contributed by atoms with Crippen molar-refractivity contribution in [2.75, 3.05) is 30.8 Å². The number of pyridine rings is 2. The number of nitrogens with zero attached hydrogens (tertiary/aromatic N) is 6. The lowest BCUT2D eigenvalue weighted by atomic mass is 10.1. The second kappa shape index (κ2) is 11.6. The number of rotatable bonds is 6. The lowest BCUT2D eigenvalue weighted by molar-refractivity contribution is -0.126. The van der Waals surface area contributed by atoms with E-state index in [1.165, 1.54) is 36.7 Å². The van der Waals surface area contributed by atoms with Crippen LogP contribution in [0, 0.1) is 11.6 Å². The van der Waals surface area contributed by atoms with Gasteiger partial charge in [-0.25, -0.2) is 23.1 Å². The summed E-state index contributed by atoms with van der Waals surface area (Å²) in [5.74, 6) is -2.75. The summed E-state index contributed by atoms with van der Waals surface area (Å²) in [4.78, 5) is 43.2. The van der Waals surface area contributed by atoms with Gasteiger partial charge in [0, 0.05) is 38.1 Å². The minimum Gasteiger partial charge on any atom is -0.507 e. The van der Waals surface area contributed by atoms with Crippen LogP contribution >= 0.6 is 0 Å². The Bertz CT molecular complexity index is 1840. The van der Waals surface area contributed by atoms with Crippen LogP contribution in [0.15, 0.2) is 58.9 Å². The summed E-state index contributed by atoms with van der Waals surface area (Å²) in [7, 11) is -1.58. The number of piperazine rings is 1. The van der Waals surface area contributed by atoms with Crippen LogP contribution in [-0.4, -0.2) is 71.6 Å². The Kier molecular flexibility index (Phi) is 8.10.